The number of amides is 2. The highest BCUT2D eigenvalue weighted by Crippen LogP contribution is 2.33. The molecule has 2 heterocycles. The summed E-state index contributed by atoms with van der Waals surface area (Å²) in [5.41, 5.74) is 1.21. The molecule has 1 aliphatic rings. The lowest BCUT2D eigenvalue weighted by Gasteiger charge is -2.44. The van der Waals surface area contributed by atoms with E-state index in [2.05, 4.69) is 19.2 Å². The third-order valence-corrected chi connectivity index (χ3v) is 6.09. The van der Waals surface area contributed by atoms with Crippen LogP contribution in [-0.4, -0.2) is 33.4 Å². The Kier molecular flexibility index (Phi) is 5.56. The molecule has 31 heavy (non-hydrogen) atoms. The molecule has 2 aromatic carbocycles. The van der Waals surface area contributed by atoms with Crippen LogP contribution in [0.1, 0.15) is 43.2 Å². The summed E-state index contributed by atoms with van der Waals surface area (Å²) in [7, 11) is 0. The second kappa shape index (κ2) is 8.17. The summed E-state index contributed by atoms with van der Waals surface area (Å²) in [5.74, 6) is -0.236. The highest BCUT2D eigenvalue weighted by atomic mass is 19.1. The summed E-state index contributed by atoms with van der Waals surface area (Å²) in [6.45, 7) is 7.18. The molecule has 5 nitrogen and oxygen atoms in total. The summed E-state index contributed by atoms with van der Waals surface area (Å²) >= 11 is 0. The van der Waals surface area contributed by atoms with E-state index in [4.69, 9.17) is 0 Å². The molecule has 0 aliphatic carbocycles. The largest absolute Gasteiger partial charge is 0.354 e. The molecule has 3 aromatic rings. The first-order chi connectivity index (χ1) is 14.8. The van der Waals surface area contributed by atoms with Gasteiger partial charge >= 0.3 is 0 Å². The van der Waals surface area contributed by atoms with Crippen molar-refractivity contribution >= 4 is 22.7 Å². The number of halogens is 1. The van der Waals surface area contributed by atoms with Crippen LogP contribution in [0.3, 0.4) is 0 Å². The quantitative estimate of drug-likeness (QED) is 0.643. The van der Waals surface area contributed by atoms with Crippen molar-refractivity contribution in [3.63, 3.8) is 0 Å². The van der Waals surface area contributed by atoms with Crippen molar-refractivity contribution in [2.45, 2.75) is 45.8 Å². The van der Waals surface area contributed by atoms with Crippen molar-refractivity contribution in [3.05, 3.63) is 71.7 Å². The van der Waals surface area contributed by atoms with E-state index >= 15 is 0 Å². The standard InChI is InChI=1S/C25H28FN3O2/c1-17(2)12-13-27-24(31)25(3)16-28-21-7-5-4-6-19(21)14-22(28)23(30)29(25)15-18-8-10-20(26)11-9-18/h4-11,14,17H,12-13,15-16H2,1-3H3,(H,27,31)/t25-/m0/s1. The summed E-state index contributed by atoms with van der Waals surface area (Å²) in [6, 6.07) is 15.8. The Morgan fingerprint density at radius 2 is 1.87 bits per heavy atom. The average molecular weight is 422 g/mol. The third kappa shape index (κ3) is 3.94. The number of hydrogen-bond acceptors (Lipinski definition) is 2. The Bertz CT molecular complexity index is 1120. The fourth-order valence-electron chi connectivity index (χ4n) is 4.19. The molecular formula is C25H28FN3O2. The molecule has 0 fully saturated rings. The number of fused-ring (bicyclic) bond motifs is 3. The number of nitrogens with one attached hydrogen (secondary N) is 1. The third-order valence-electron chi connectivity index (χ3n) is 6.09. The van der Waals surface area contributed by atoms with Gasteiger partial charge in [0, 0.05) is 24.0 Å². The van der Waals surface area contributed by atoms with Crippen molar-refractivity contribution in [2.75, 3.05) is 6.54 Å². The molecule has 4 rings (SSSR count). The Hall–Kier alpha value is -3.15. The minimum atomic E-state index is -1.07. The normalized spacial score (nSPS) is 18.5. The molecule has 0 radical (unpaired) electrons. The van der Waals surface area contributed by atoms with Crippen LogP contribution in [0.2, 0.25) is 0 Å². The molecule has 162 valence electrons. The van der Waals surface area contributed by atoms with E-state index in [-0.39, 0.29) is 24.2 Å². The summed E-state index contributed by atoms with van der Waals surface area (Å²) in [4.78, 5) is 28.6. The molecule has 1 aliphatic heterocycles. The van der Waals surface area contributed by atoms with Crippen molar-refractivity contribution in [3.8, 4) is 0 Å². The minimum absolute atomic E-state index is 0.174. The van der Waals surface area contributed by atoms with Crippen LogP contribution in [-0.2, 0) is 17.9 Å². The number of nitrogens with zero attached hydrogens (tertiary/aromatic N) is 2. The molecular weight excluding hydrogens is 393 g/mol. The first kappa shape index (κ1) is 21.1. The zero-order valence-electron chi connectivity index (χ0n) is 18.2. The van der Waals surface area contributed by atoms with Gasteiger partial charge in [-0.2, -0.15) is 0 Å². The van der Waals surface area contributed by atoms with Crippen LogP contribution in [0, 0.1) is 11.7 Å². The Morgan fingerprint density at radius 3 is 2.58 bits per heavy atom. The van der Waals surface area contributed by atoms with Gasteiger partial charge in [-0.1, -0.05) is 44.2 Å². The molecule has 2 amide bonds. The number of hydrogen-bond donors (Lipinski definition) is 1. The van der Waals surface area contributed by atoms with Gasteiger partial charge in [0.2, 0.25) is 5.91 Å². The van der Waals surface area contributed by atoms with Crippen molar-refractivity contribution < 1.29 is 14.0 Å². The fourth-order valence-corrected chi connectivity index (χ4v) is 4.19. The van der Waals surface area contributed by atoms with Crippen molar-refractivity contribution in [2.24, 2.45) is 5.92 Å². The SMILES string of the molecule is CC(C)CCNC(=O)[C@]1(C)Cn2c(cc3ccccc32)C(=O)N1Cc1ccc(F)cc1. The minimum Gasteiger partial charge on any atom is -0.354 e. The molecule has 0 saturated heterocycles. The van der Waals surface area contributed by atoms with E-state index in [1.807, 2.05) is 41.8 Å². The van der Waals surface area contributed by atoms with Crippen molar-refractivity contribution in [1.82, 2.24) is 14.8 Å². The van der Waals surface area contributed by atoms with Crippen LogP contribution in [0.5, 0.6) is 0 Å². The molecule has 1 N–H and O–H groups in total. The zero-order chi connectivity index (χ0) is 22.2. The Balaban J connectivity index is 1.73. The van der Waals surface area contributed by atoms with E-state index in [1.54, 1.807) is 17.0 Å². The predicted octanol–water partition coefficient (Wildman–Crippen LogP) is 4.36. The second-order valence-corrected chi connectivity index (χ2v) is 8.90. The van der Waals surface area contributed by atoms with Gasteiger partial charge in [-0.15, -0.1) is 0 Å². The first-order valence-electron chi connectivity index (χ1n) is 10.7. The lowest BCUT2D eigenvalue weighted by atomic mass is 9.93. The topological polar surface area (TPSA) is 54.3 Å². The van der Waals surface area contributed by atoms with E-state index in [9.17, 15) is 14.0 Å². The van der Waals surface area contributed by atoms with Crippen LogP contribution in [0.15, 0.2) is 54.6 Å². The van der Waals surface area contributed by atoms with Gasteiger partial charge in [0.1, 0.15) is 17.1 Å². The van der Waals surface area contributed by atoms with Crippen LogP contribution in [0.4, 0.5) is 4.39 Å². The Morgan fingerprint density at radius 1 is 1.16 bits per heavy atom. The molecule has 0 bridgehead atoms. The number of aromatic nitrogens is 1. The van der Waals surface area contributed by atoms with Gasteiger partial charge in [-0.3, -0.25) is 9.59 Å². The monoisotopic (exact) mass is 421 g/mol. The number of rotatable bonds is 6. The molecule has 0 saturated carbocycles. The maximum Gasteiger partial charge on any atom is 0.271 e. The molecule has 1 atom stereocenters. The summed E-state index contributed by atoms with van der Waals surface area (Å²) < 4.78 is 15.3. The highest BCUT2D eigenvalue weighted by Gasteiger charge is 2.47. The zero-order valence-corrected chi connectivity index (χ0v) is 18.2. The van der Waals surface area contributed by atoms with Gasteiger partial charge in [0.15, 0.2) is 0 Å². The van der Waals surface area contributed by atoms with Gasteiger partial charge in [0.05, 0.1) is 6.54 Å². The highest BCUT2D eigenvalue weighted by molar-refractivity contribution is 6.03. The lowest BCUT2D eigenvalue weighted by molar-refractivity contribution is -0.133. The maximum atomic E-state index is 13.6. The molecule has 0 spiro atoms. The van der Waals surface area contributed by atoms with E-state index < -0.39 is 5.54 Å². The fraction of sp³-hybridized carbons (Fsp3) is 0.360. The van der Waals surface area contributed by atoms with Crippen molar-refractivity contribution in [1.29, 1.82) is 0 Å². The first-order valence-corrected chi connectivity index (χ1v) is 10.7. The van der Waals surface area contributed by atoms with Gasteiger partial charge in [-0.25, -0.2) is 4.39 Å². The molecule has 0 unspecified atom stereocenters. The number of benzene rings is 2. The van der Waals surface area contributed by atoms with E-state index in [1.165, 1.54) is 12.1 Å². The maximum absolute atomic E-state index is 13.6. The lowest BCUT2D eigenvalue weighted by Crippen LogP contribution is -2.63. The Labute approximate surface area is 181 Å². The van der Waals surface area contributed by atoms with Gasteiger partial charge < -0.3 is 14.8 Å². The van der Waals surface area contributed by atoms with E-state index in [0.29, 0.717) is 24.7 Å². The number of carbonyl (C=O) groups is 2. The number of carbonyl (C=O) groups excluding carboxylic acids is 2. The number of para-hydroxylation sites is 1. The van der Waals surface area contributed by atoms with Gasteiger partial charge in [0.25, 0.3) is 5.91 Å². The van der Waals surface area contributed by atoms with E-state index in [0.717, 1.165) is 22.9 Å². The van der Waals surface area contributed by atoms with Crippen LogP contribution < -0.4 is 5.32 Å². The van der Waals surface area contributed by atoms with Crippen LogP contribution in [0.25, 0.3) is 10.9 Å². The predicted molar refractivity (Wildman–Crippen MR) is 119 cm³/mol. The summed E-state index contributed by atoms with van der Waals surface area (Å²) in [5, 5.41) is 4.00. The second-order valence-electron chi connectivity index (χ2n) is 8.90. The molecule has 1 aromatic heterocycles. The van der Waals surface area contributed by atoms with Gasteiger partial charge in [-0.05, 0) is 49.1 Å². The molecule has 6 heteroatoms. The average Bonchev–Trinajstić information content (AvgIpc) is 3.10. The smallest absolute Gasteiger partial charge is 0.271 e. The summed E-state index contributed by atoms with van der Waals surface area (Å²) in [6.07, 6.45) is 0.866. The van der Waals surface area contributed by atoms with Crippen LogP contribution >= 0.6 is 0 Å².